The molecule has 1 atom stereocenters. The van der Waals surface area contributed by atoms with Gasteiger partial charge in [-0.15, -0.1) is 0 Å². The van der Waals surface area contributed by atoms with Crippen LogP contribution in [-0.2, 0) is 4.52 Å². The van der Waals surface area contributed by atoms with E-state index in [-0.39, 0.29) is 0 Å². The van der Waals surface area contributed by atoms with Crippen molar-refractivity contribution in [3.63, 3.8) is 0 Å². The van der Waals surface area contributed by atoms with Gasteiger partial charge in [-0.3, -0.25) is 0 Å². The Bertz CT molecular complexity index is 56.9. The molecule has 0 spiro atoms. The van der Waals surface area contributed by atoms with Gasteiger partial charge in [0.15, 0.2) is 8.60 Å². The number of hydrogen-bond acceptors (Lipinski definition) is 2. The molecule has 0 aromatic carbocycles. The lowest BCUT2D eigenvalue weighted by Gasteiger charge is -1.85. The summed E-state index contributed by atoms with van der Waals surface area (Å²) in [5.74, 6) is 0. The predicted molar refractivity (Wildman–Crippen MR) is 35.3 cm³/mol. The van der Waals surface area contributed by atoms with Crippen molar-refractivity contribution >= 4 is 18.0 Å². The molecule has 0 fully saturated rings. The number of rotatable bonds is 3. The molecular weight excluding hydrogens is 128 g/mol. The van der Waals surface area contributed by atoms with E-state index in [0.717, 1.165) is 13.0 Å². The standard InChI is InChI=1S/C3H9NOP2/c1-2-3-5-7-4-6/h2-3,6H2,1H3. The third-order valence-electron chi connectivity index (χ3n) is 0.400. The van der Waals surface area contributed by atoms with Crippen LogP contribution in [0.4, 0.5) is 0 Å². The average Bonchev–Trinajstić information content (AvgIpc) is 1.69. The van der Waals surface area contributed by atoms with Crippen LogP contribution in [-0.4, -0.2) is 6.61 Å². The van der Waals surface area contributed by atoms with E-state index in [4.69, 9.17) is 4.52 Å². The minimum absolute atomic E-state index is 0.715. The zero-order valence-corrected chi connectivity index (χ0v) is 6.34. The van der Waals surface area contributed by atoms with Gasteiger partial charge in [0.1, 0.15) is 0 Å². The third-order valence-corrected chi connectivity index (χ3v) is 1.08. The van der Waals surface area contributed by atoms with Crippen LogP contribution in [0.1, 0.15) is 13.3 Å². The van der Waals surface area contributed by atoms with Crippen LogP contribution in [0, 0.1) is 0 Å². The van der Waals surface area contributed by atoms with Gasteiger partial charge in [0, 0.05) is 0 Å². The largest absolute Gasteiger partial charge is 0.311 e. The highest BCUT2D eigenvalue weighted by Gasteiger charge is 1.73. The molecule has 0 aliphatic heterocycles. The Morgan fingerprint density at radius 2 is 2.57 bits per heavy atom. The zero-order chi connectivity index (χ0) is 5.54. The minimum Gasteiger partial charge on any atom is -0.311 e. The number of hydrogen-bond donors (Lipinski definition) is 0. The first-order valence-electron chi connectivity index (χ1n) is 2.14. The van der Waals surface area contributed by atoms with E-state index >= 15 is 0 Å². The third kappa shape index (κ3) is 6.49. The molecule has 2 nitrogen and oxygen atoms in total. The van der Waals surface area contributed by atoms with Gasteiger partial charge in [-0.1, -0.05) is 6.92 Å². The molecular formula is C3H9NOP2. The van der Waals surface area contributed by atoms with Gasteiger partial charge in [-0.25, -0.2) is 4.52 Å². The Balaban J connectivity index is 2.69. The molecule has 4 heteroatoms. The molecule has 0 saturated carbocycles. The van der Waals surface area contributed by atoms with Gasteiger partial charge in [0.2, 0.25) is 0 Å². The smallest absolute Gasteiger partial charge is 0.175 e. The highest BCUT2D eigenvalue weighted by molar-refractivity contribution is 7.31. The van der Waals surface area contributed by atoms with Crippen LogP contribution >= 0.6 is 18.0 Å². The van der Waals surface area contributed by atoms with Gasteiger partial charge >= 0.3 is 0 Å². The first-order chi connectivity index (χ1) is 3.41. The normalized spacial score (nSPS) is 10.6. The molecule has 0 radical (unpaired) electrons. The van der Waals surface area contributed by atoms with Crippen LogP contribution in [0.2, 0.25) is 0 Å². The second-order valence-electron chi connectivity index (χ2n) is 1.03. The lowest BCUT2D eigenvalue weighted by molar-refractivity contribution is 0.367. The quantitative estimate of drug-likeness (QED) is 0.431. The SMILES string of the molecule is CCCOP=NP. The van der Waals surface area contributed by atoms with Crippen LogP contribution < -0.4 is 0 Å². The van der Waals surface area contributed by atoms with E-state index in [1.807, 2.05) is 0 Å². The van der Waals surface area contributed by atoms with Crippen LogP contribution in [0.3, 0.4) is 0 Å². The Labute approximate surface area is 47.9 Å². The molecule has 0 aliphatic carbocycles. The summed E-state index contributed by atoms with van der Waals surface area (Å²) >= 11 is 0. The van der Waals surface area contributed by atoms with Crippen LogP contribution in [0.5, 0.6) is 0 Å². The highest BCUT2D eigenvalue weighted by atomic mass is 31.1. The maximum absolute atomic E-state index is 4.92. The zero-order valence-electron chi connectivity index (χ0n) is 4.29. The molecule has 0 aliphatic rings. The van der Waals surface area contributed by atoms with Crippen molar-refractivity contribution < 1.29 is 4.52 Å². The van der Waals surface area contributed by atoms with Crippen LogP contribution in [0.15, 0.2) is 4.52 Å². The van der Waals surface area contributed by atoms with E-state index in [2.05, 4.69) is 20.8 Å². The molecule has 42 valence electrons. The van der Waals surface area contributed by atoms with Crippen molar-refractivity contribution in [3.8, 4) is 0 Å². The second-order valence-corrected chi connectivity index (χ2v) is 2.38. The summed E-state index contributed by atoms with van der Waals surface area (Å²) in [5.41, 5.74) is 0. The molecule has 0 amide bonds. The van der Waals surface area contributed by atoms with Crippen molar-refractivity contribution in [3.05, 3.63) is 0 Å². The molecule has 7 heavy (non-hydrogen) atoms. The minimum atomic E-state index is 0.715. The molecule has 0 rings (SSSR count). The molecule has 0 aromatic heterocycles. The fourth-order valence-electron chi connectivity index (χ4n) is 0.165. The molecule has 0 bridgehead atoms. The van der Waals surface area contributed by atoms with Gasteiger partial charge < -0.3 is 4.52 Å². The van der Waals surface area contributed by atoms with E-state index in [1.54, 1.807) is 0 Å². The lowest BCUT2D eigenvalue weighted by Crippen LogP contribution is -1.74. The van der Waals surface area contributed by atoms with Crippen molar-refractivity contribution in [2.24, 2.45) is 4.52 Å². The average molecular weight is 137 g/mol. The number of nitrogens with zero attached hydrogens (tertiary/aromatic N) is 1. The first-order valence-corrected chi connectivity index (χ1v) is 3.42. The summed E-state index contributed by atoms with van der Waals surface area (Å²) < 4.78 is 8.56. The van der Waals surface area contributed by atoms with E-state index < -0.39 is 0 Å². The Morgan fingerprint density at radius 1 is 1.86 bits per heavy atom. The Hall–Kier alpha value is 0.490. The van der Waals surface area contributed by atoms with Crippen molar-refractivity contribution in [2.45, 2.75) is 13.3 Å². The summed E-state index contributed by atoms with van der Waals surface area (Å²) in [7, 11) is 2.95. The van der Waals surface area contributed by atoms with Gasteiger partial charge in [-0.05, 0) is 15.8 Å². The molecule has 1 unspecified atom stereocenters. The fourth-order valence-corrected chi connectivity index (χ4v) is 0.696. The highest BCUT2D eigenvalue weighted by Crippen LogP contribution is 2.05. The van der Waals surface area contributed by atoms with Crippen molar-refractivity contribution in [2.75, 3.05) is 6.61 Å². The second kappa shape index (κ2) is 6.49. The maximum Gasteiger partial charge on any atom is 0.175 e. The fraction of sp³-hybridized carbons (Fsp3) is 1.00. The van der Waals surface area contributed by atoms with Crippen LogP contribution in [0.25, 0.3) is 0 Å². The Kier molecular flexibility index (Phi) is 6.94. The van der Waals surface area contributed by atoms with Gasteiger partial charge in [0.25, 0.3) is 0 Å². The summed E-state index contributed by atoms with van der Waals surface area (Å²) in [6.07, 6.45) is 1.06. The maximum atomic E-state index is 4.92. The van der Waals surface area contributed by atoms with E-state index in [9.17, 15) is 0 Å². The topological polar surface area (TPSA) is 21.6 Å². The first kappa shape index (κ1) is 7.49. The van der Waals surface area contributed by atoms with Gasteiger partial charge in [0.05, 0.1) is 6.61 Å². The van der Waals surface area contributed by atoms with E-state index in [1.165, 1.54) is 0 Å². The molecule has 0 heterocycles. The van der Waals surface area contributed by atoms with Crippen molar-refractivity contribution in [1.29, 1.82) is 0 Å². The lowest BCUT2D eigenvalue weighted by atomic mass is 10.5. The monoisotopic (exact) mass is 137 g/mol. The summed E-state index contributed by atoms with van der Waals surface area (Å²) in [6, 6.07) is 0. The van der Waals surface area contributed by atoms with Gasteiger partial charge in [-0.2, -0.15) is 0 Å². The summed E-state index contributed by atoms with van der Waals surface area (Å²) in [6.45, 7) is 2.87. The van der Waals surface area contributed by atoms with Crippen molar-refractivity contribution in [1.82, 2.24) is 0 Å². The predicted octanol–water partition coefficient (Wildman–Crippen LogP) is 2.25. The Morgan fingerprint density at radius 3 is 3.00 bits per heavy atom. The van der Waals surface area contributed by atoms with E-state index in [0.29, 0.717) is 8.60 Å². The summed E-state index contributed by atoms with van der Waals surface area (Å²) in [4.78, 5) is 0. The molecule has 0 N–H and O–H groups in total. The molecule has 0 aromatic rings. The molecule has 0 saturated heterocycles. The summed E-state index contributed by atoms with van der Waals surface area (Å²) in [5, 5.41) is 0.